The van der Waals surface area contributed by atoms with Crippen LogP contribution in [0.25, 0.3) is 0 Å². The molecule has 1 N–H and O–H groups in total. The molecular formula is C12H15Cl2NO. The van der Waals surface area contributed by atoms with Crippen molar-refractivity contribution in [2.24, 2.45) is 5.92 Å². The third-order valence-corrected chi connectivity index (χ3v) is 2.80. The number of hydrogen-bond donors (Lipinski definition) is 1. The van der Waals surface area contributed by atoms with Crippen LogP contribution in [0, 0.1) is 5.92 Å². The fourth-order valence-electron chi connectivity index (χ4n) is 1.22. The summed E-state index contributed by atoms with van der Waals surface area (Å²) in [6, 6.07) is 5.23. The number of hydrogen-bond acceptors (Lipinski definition) is 1. The number of carbonyl (C=O) groups excluding carboxylic acids is 1. The SMILES string of the molecule is CC(C)CNC(=O)Cc1ccc(Cl)c(Cl)c1. The van der Waals surface area contributed by atoms with Crippen molar-refractivity contribution in [1.29, 1.82) is 0 Å². The Bertz CT molecular complexity index is 377. The average Bonchev–Trinajstić information content (AvgIpc) is 2.21. The Hall–Kier alpha value is -0.730. The van der Waals surface area contributed by atoms with Gasteiger partial charge in [-0.25, -0.2) is 0 Å². The monoisotopic (exact) mass is 259 g/mol. The first-order valence-electron chi connectivity index (χ1n) is 5.19. The molecule has 0 saturated heterocycles. The molecule has 1 aromatic carbocycles. The molecule has 1 amide bonds. The second-order valence-electron chi connectivity index (χ2n) is 4.12. The lowest BCUT2D eigenvalue weighted by atomic mass is 10.1. The molecule has 1 rings (SSSR count). The third kappa shape index (κ3) is 4.42. The van der Waals surface area contributed by atoms with Crippen molar-refractivity contribution in [2.45, 2.75) is 20.3 Å². The Morgan fingerprint density at radius 3 is 2.56 bits per heavy atom. The normalized spacial score (nSPS) is 10.6. The van der Waals surface area contributed by atoms with Crippen molar-refractivity contribution in [2.75, 3.05) is 6.54 Å². The smallest absolute Gasteiger partial charge is 0.224 e. The summed E-state index contributed by atoms with van der Waals surface area (Å²) >= 11 is 11.6. The first-order valence-corrected chi connectivity index (χ1v) is 5.95. The fourth-order valence-corrected chi connectivity index (χ4v) is 1.54. The van der Waals surface area contributed by atoms with Gasteiger partial charge in [0, 0.05) is 6.54 Å². The maximum atomic E-state index is 11.5. The summed E-state index contributed by atoms with van der Waals surface area (Å²) in [7, 11) is 0. The molecule has 0 heterocycles. The van der Waals surface area contributed by atoms with Crippen LogP contribution < -0.4 is 5.32 Å². The van der Waals surface area contributed by atoms with Gasteiger partial charge in [-0.3, -0.25) is 4.79 Å². The highest BCUT2D eigenvalue weighted by molar-refractivity contribution is 6.42. The molecule has 16 heavy (non-hydrogen) atoms. The molecule has 0 atom stereocenters. The molecule has 1 aromatic rings. The van der Waals surface area contributed by atoms with Crippen LogP contribution in [-0.2, 0) is 11.2 Å². The minimum Gasteiger partial charge on any atom is -0.356 e. The van der Waals surface area contributed by atoms with Gasteiger partial charge < -0.3 is 5.32 Å². The van der Waals surface area contributed by atoms with Crippen LogP contribution in [0.3, 0.4) is 0 Å². The molecule has 0 radical (unpaired) electrons. The van der Waals surface area contributed by atoms with Gasteiger partial charge in [0.1, 0.15) is 0 Å². The highest BCUT2D eigenvalue weighted by atomic mass is 35.5. The Morgan fingerprint density at radius 2 is 2.00 bits per heavy atom. The number of nitrogens with one attached hydrogen (secondary N) is 1. The summed E-state index contributed by atoms with van der Waals surface area (Å²) in [5.41, 5.74) is 0.871. The van der Waals surface area contributed by atoms with Gasteiger partial charge in [-0.2, -0.15) is 0 Å². The van der Waals surface area contributed by atoms with Crippen molar-refractivity contribution in [3.05, 3.63) is 33.8 Å². The highest BCUT2D eigenvalue weighted by Crippen LogP contribution is 2.22. The van der Waals surface area contributed by atoms with Crippen LogP contribution in [0.5, 0.6) is 0 Å². The standard InChI is InChI=1S/C12H15Cl2NO/c1-8(2)7-15-12(16)6-9-3-4-10(13)11(14)5-9/h3-5,8H,6-7H2,1-2H3,(H,15,16). The summed E-state index contributed by atoms with van der Waals surface area (Å²) in [4.78, 5) is 11.5. The Balaban J connectivity index is 2.53. The summed E-state index contributed by atoms with van der Waals surface area (Å²) in [5.74, 6) is 0.463. The van der Waals surface area contributed by atoms with Gasteiger partial charge in [-0.15, -0.1) is 0 Å². The first kappa shape index (κ1) is 13.3. The molecule has 0 unspecified atom stereocenters. The van der Waals surface area contributed by atoms with E-state index in [1.165, 1.54) is 0 Å². The second-order valence-corrected chi connectivity index (χ2v) is 4.94. The van der Waals surface area contributed by atoms with Gasteiger partial charge in [0.05, 0.1) is 16.5 Å². The molecule has 0 aliphatic heterocycles. The first-order chi connectivity index (χ1) is 7.49. The van der Waals surface area contributed by atoms with Gasteiger partial charge >= 0.3 is 0 Å². The van der Waals surface area contributed by atoms with Crippen molar-refractivity contribution in [1.82, 2.24) is 5.32 Å². The zero-order valence-electron chi connectivity index (χ0n) is 9.39. The van der Waals surface area contributed by atoms with Crippen LogP contribution in [0.15, 0.2) is 18.2 Å². The number of carbonyl (C=O) groups is 1. The maximum Gasteiger partial charge on any atom is 0.224 e. The Morgan fingerprint density at radius 1 is 1.31 bits per heavy atom. The van der Waals surface area contributed by atoms with E-state index in [-0.39, 0.29) is 5.91 Å². The van der Waals surface area contributed by atoms with E-state index in [9.17, 15) is 4.79 Å². The zero-order valence-corrected chi connectivity index (χ0v) is 10.9. The predicted octanol–water partition coefficient (Wildman–Crippen LogP) is 3.31. The Kier molecular flexibility index (Phi) is 5.10. The quantitative estimate of drug-likeness (QED) is 0.884. The van der Waals surface area contributed by atoms with E-state index in [4.69, 9.17) is 23.2 Å². The van der Waals surface area contributed by atoms with Crippen molar-refractivity contribution < 1.29 is 4.79 Å². The summed E-state index contributed by atoms with van der Waals surface area (Å²) in [6.45, 7) is 4.80. The highest BCUT2D eigenvalue weighted by Gasteiger charge is 2.05. The van der Waals surface area contributed by atoms with E-state index in [1.54, 1.807) is 12.1 Å². The minimum atomic E-state index is 0.00656. The topological polar surface area (TPSA) is 29.1 Å². The predicted molar refractivity (Wildman–Crippen MR) is 68.0 cm³/mol. The van der Waals surface area contributed by atoms with E-state index in [0.717, 1.165) is 5.56 Å². The largest absolute Gasteiger partial charge is 0.356 e. The number of benzene rings is 1. The lowest BCUT2D eigenvalue weighted by Gasteiger charge is -2.08. The average molecular weight is 260 g/mol. The molecule has 0 spiro atoms. The van der Waals surface area contributed by atoms with Crippen LogP contribution in [0.4, 0.5) is 0 Å². The second kappa shape index (κ2) is 6.12. The summed E-state index contributed by atoms with van der Waals surface area (Å²) in [6.07, 6.45) is 0.337. The van der Waals surface area contributed by atoms with Crippen molar-refractivity contribution in [3.8, 4) is 0 Å². The van der Waals surface area contributed by atoms with E-state index in [0.29, 0.717) is 28.9 Å². The molecule has 0 aliphatic rings. The van der Waals surface area contributed by atoms with Crippen molar-refractivity contribution in [3.63, 3.8) is 0 Å². The van der Waals surface area contributed by atoms with Gasteiger partial charge in [0.15, 0.2) is 0 Å². The van der Waals surface area contributed by atoms with Gasteiger partial charge in [-0.05, 0) is 23.6 Å². The van der Waals surface area contributed by atoms with E-state index >= 15 is 0 Å². The molecule has 0 saturated carbocycles. The third-order valence-electron chi connectivity index (χ3n) is 2.06. The Labute approximate surface area is 106 Å². The molecule has 0 fully saturated rings. The molecule has 0 aromatic heterocycles. The van der Waals surface area contributed by atoms with Crippen LogP contribution in [0.2, 0.25) is 10.0 Å². The molecule has 4 heteroatoms. The maximum absolute atomic E-state index is 11.5. The summed E-state index contributed by atoms with van der Waals surface area (Å²) in [5, 5.41) is 3.84. The van der Waals surface area contributed by atoms with E-state index in [1.807, 2.05) is 6.07 Å². The number of rotatable bonds is 4. The van der Waals surface area contributed by atoms with E-state index < -0.39 is 0 Å². The zero-order chi connectivity index (χ0) is 12.1. The lowest BCUT2D eigenvalue weighted by Crippen LogP contribution is -2.28. The van der Waals surface area contributed by atoms with Crippen LogP contribution in [-0.4, -0.2) is 12.5 Å². The van der Waals surface area contributed by atoms with Crippen molar-refractivity contribution >= 4 is 29.1 Å². The molecule has 0 bridgehead atoms. The number of amides is 1. The molecule has 0 aliphatic carbocycles. The van der Waals surface area contributed by atoms with Gasteiger partial charge in [0.25, 0.3) is 0 Å². The molecule has 88 valence electrons. The van der Waals surface area contributed by atoms with Crippen LogP contribution in [0.1, 0.15) is 19.4 Å². The van der Waals surface area contributed by atoms with Gasteiger partial charge in [0.2, 0.25) is 5.91 Å². The minimum absolute atomic E-state index is 0.00656. The summed E-state index contributed by atoms with van der Waals surface area (Å²) < 4.78 is 0. The van der Waals surface area contributed by atoms with Gasteiger partial charge in [-0.1, -0.05) is 43.1 Å². The van der Waals surface area contributed by atoms with E-state index in [2.05, 4.69) is 19.2 Å². The molecular weight excluding hydrogens is 245 g/mol. The number of halogens is 2. The lowest BCUT2D eigenvalue weighted by molar-refractivity contribution is -0.120. The van der Waals surface area contributed by atoms with Crippen LogP contribution >= 0.6 is 23.2 Å². The fraction of sp³-hybridized carbons (Fsp3) is 0.417. The molecule has 2 nitrogen and oxygen atoms in total.